The van der Waals surface area contributed by atoms with Gasteiger partial charge in [0.05, 0.1) is 4.99 Å². The van der Waals surface area contributed by atoms with Crippen molar-refractivity contribution in [1.82, 2.24) is 4.72 Å². The molecule has 1 unspecified atom stereocenters. The number of nitrogens with two attached hydrogens (primary N) is 1. The van der Waals surface area contributed by atoms with E-state index < -0.39 is 15.3 Å². The first-order valence-corrected chi connectivity index (χ1v) is 8.70. The molecule has 0 aromatic heterocycles. The number of rotatable bonds is 7. The molecule has 106 valence electrons. The molecule has 1 aliphatic carbocycles. The van der Waals surface area contributed by atoms with Crippen LogP contribution < -0.4 is 10.5 Å². The molecule has 3 N–H and O–H groups in total. The number of thiocarbonyl (C=S) groups is 1. The zero-order valence-electron chi connectivity index (χ0n) is 11.0. The van der Waals surface area contributed by atoms with Gasteiger partial charge in [-0.25, -0.2) is 13.1 Å². The maximum absolute atomic E-state index is 12.0. The first-order chi connectivity index (χ1) is 8.47. The van der Waals surface area contributed by atoms with E-state index >= 15 is 0 Å². The van der Waals surface area contributed by atoms with Crippen LogP contribution in [0.4, 0.5) is 0 Å². The average Bonchev–Trinajstić information content (AvgIpc) is 2.30. The molecule has 18 heavy (non-hydrogen) atoms. The van der Waals surface area contributed by atoms with E-state index in [1.165, 1.54) is 32.1 Å². The molecule has 0 heterocycles. The molecule has 0 aromatic rings. The van der Waals surface area contributed by atoms with E-state index in [-0.39, 0.29) is 4.99 Å². The van der Waals surface area contributed by atoms with Gasteiger partial charge in [0.25, 0.3) is 0 Å². The highest BCUT2D eigenvalue weighted by Crippen LogP contribution is 2.25. The van der Waals surface area contributed by atoms with E-state index in [1.54, 1.807) is 6.92 Å². The van der Waals surface area contributed by atoms with Gasteiger partial charge in [-0.3, -0.25) is 0 Å². The van der Waals surface area contributed by atoms with Crippen LogP contribution in [0.3, 0.4) is 0 Å². The van der Waals surface area contributed by atoms with Gasteiger partial charge >= 0.3 is 0 Å². The van der Waals surface area contributed by atoms with Gasteiger partial charge in [0, 0.05) is 6.54 Å². The first-order valence-electron chi connectivity index (χ1n) is 6.75. The van der Waals surface area contributed by atoms with E-state index in [9.17, 15) is 8.42 Å². The van der Waals surface area contributed by atoms with Gasteiger partial charge in [-0.15, -0.1) is 0 Å². The van der Waals surface area contributed by atoms with E-state index in [2.05, 4.69) is 4.72 Å². The Morgan fingerprint density at radius 1 is 1.39 bits per heavy atom. The summed E-state index contributed by atoms with van der Waals surface area (Å²) >= 11 is 4.80. The molecule has 0 amide bonds. The Balaban J connectivity index is 2.38. The molecule has 0 saturated heterocycles. The lowest BCUT2D eigenvalue weighted by Crippen LogP contribution is -2.42. The van der Waals surface area contributed by atoms with Crippen molar-refractivity contribution in [2.24, 2.45) is 11.7 Å². The Morgan fingerprint density at radius 2 is 2.00 bits per heavy atom. The maximum atomic E-state index is 12.0. The van der Waals surface area contributed by atoms with Crippen molar-refractivity contribution in [3.63, 3.8) is 0 Å². The normalized spacial score (nSPS) is 19.6. The molecule has 0 spiro atoms. The van der Waals surface area contributed by atoms with Crippen LogP contribution in [0.25, 0.3) is 0 Å². The minimum Gasteiger partial charge on any atom is -0.392 e. The fourth-order valence-corrected chi connectivity index (χ4v) is 4.45. The molecule has 0 bridgehead atoms. The molecule has 1 saturated carbocycles. The van der Waals surface area contributed by atoms with Gasteiger partial charge in [-0.1, -0.05) is 51.2 Å². The molecule has 1 atom stereocenters. The molecule has 1 aliphatic rings. The number of hydrogen-bond acceptors (Lipinski definition) is 3. The van der Waals surface area contributed by atoms with Crippen LogP contribution in [0.1, 0.15) is 51.9 Å². The summed E-state index contributed by atoms with van der Waals surface area (Å²) in [5.41, 5.74) is 5.46. The van der Waals surface area contributed by atoms with Gasteiger partial charge in [-0.05, 0) is 18.8 Å². The molecule has 0 radical (unpaired) electrons. The minimum atomic E-state index is -3.39. The summed E-state index contributed by atoms with van der Waals surface area (Å²) in [6.45, 7) is 2.29. The van der Waals surface area contributed by atoms with Crippen LogP contribution in [0.2, 0.25) is 0 Å². The number of nitrogens with one attached hydrogen (secondary N) is 1. The second kappa shape index (κ2) is 7.40. The zero-order chi connectivity index (χ0) is 13.6. The standard InChI is InChI=1S/C12H24N2O2S2/c1-2-11(12(13)17)18(15,16)14-9-8-10-6-4-3-5-7-10/h10-11,14H,2-9H2,1H3,(H2,13,17). The number of sulfonamides is 1. The third-order valence-corrected chi connectivity index (χ3v) is 6.02. The molecule has 0 aromatic carbocycles. The quantitative estimate of drug-likeness (QED) is 0.703. The van der Waals surface area contributed by atoms with Gasteiger partial charge in [0.1, 0.15) is 5.25 Å². The van der Waals surface area contributed by atoms with E-state index in [0.717, 1.165) is 6.42 Å². The van der Waals surface area contributed by atoms with Gasteiger partial charge in [0.2, 0.25) is 10.0 Å². The monoisotopic (exact) mass is 292 g/mol. The fourth-order valence-electron chi connectivity index (χ4n) is 2.56. The average molecular weight is 292 g/mol. The summed E-state index contributed by atoms with van der Waals surface area (Å²) in [4.78, 5) is 0.0580. The van der Waals surface area contributed by atoms with Crippen molar-refractivity contribution in [3.05, 3.63) is 0 Å². The summed E-state index contributed by atoms with van der Waals surface area (Å²) in [5.74, 6) is 0.673. The molecule has 1 fully saturated rings. The number of hydrogen-bond donors (Lipinski definition) is 2. The van der Waals surface area contributed by atoms with E-state index in [0.29, 0.717) is 18.9 Å². The lowest BCUT2D eigenvalue weighted by atomic mass is 9.87. The predicted molar refractivity (Wildman–Crippen MR) is 79.0 cm³/mol. The summed E-state index contributed by atoms with van der Waals surface area (Å²) in [5, 5.41) is -0.737. The highest BCUT2D eigenvalue weighted by molar-refractivity contribution is 7.93. The highest BCUT2D eigenvalue weighted by atomic mass is 32.2. The fraction of sp³-hybridized carbons (Fsp3) is 0.917. The Morgan fingerprint density at radius 3 is 2.50 bits per heavy atom. The van der Waals surface area contributed by atoms with Crippen molar-refractivity contribution < 1.29 is 8.42 Å². The predicted octanol–water partition coefficient (Wildman–Crippen LogP) is 1.94. The highest BCUT2D eigenvalue weighted by Gasteiger charge is 2.26. The van der Waals surface area contributed by atoms with Gasteiger partial charge < -0.3 is 5.73 Å². The van der Waals surface area contributed by atoms with Crippen LogP contribution in [0.5, 0.6) is 0 Å². The van der Waals surface area contributed by atoms with E-state index in [4.69, 9.17) is 18.0 Å². The smallest absolute Gasteiger partial charge is 0.220 e. The molecule has 4 nitrogen and oxygen atoms in total. The van der Waals surface area contributed by atoms with Crippen molar-refractivity contribution in [2.75, 3.05) is 6.54 Å². The van der Waals surface area contributed by atoms with Crippen LogP contribution in [-0.2, 0) is 10.0 Å². The summed E-state index contributed by atoms with van der Waals surface area (Å²) in [7, 11) is -3.39. The first kappa shape index (κ1) is 15.9. The summed E-state index contributed by atoms with van der Waals surface area (Å²) in [6.07, 6.45) is 7.69. The van der Waals surface area contributed by atoms with Crippen LogP contribution >= 0.6 is 12.2 Å². The van der Waals surface area contributed by atoms with E-state index in [1.807, 2.05) is 0 Å². The molecule has 6 heteroatoms. The molecule has 0 aliphatic heterocycles. The van der Waals surface area contributed by atoms with Crippen molar-refractivity contribution in [2.45, 2.75) is 57.1 Å². The van der Waals surface area contributed by atoms with Crippen molar-refractivity contribution in [1.29, 1.82) is 0 Å². The Hall–Kier alpha value is -0.200. The van der Waals surface area contributed by atoms with Crippen molar-refractivity contribution >= 4 is 27.2 Å². The Labute approximate surface area is 116 Å². The topological polar surface area (TPSA) is 72.2 Å². The third kappa shape index (κ3) is 4.82. The lowest BCUT2D eigenvalue weighted by molar-refractivity contribution is 0.339. The lowest BCUT2D eigenvalue weighted by Gasteiger charge is -2.22. The van der Waals surface area contributed by atoms with Gasteiger partial charge in [0.15, 0.2) is 0 Å². The summed E-state index contributed by atoms with van der Waals surface area (Å²) < 4.78 is 26.6. The van der Waals surface area contributed by atoms with Crippen LogP contribution in [0.15, 0.2) is 0 Å². The minimum absolute atomic E-state index is 0.0580. The third-order valence-electron chi connectivity index (χ3n) is 3.64. The maximum Gasteiger partial charge on any atom is 0.220 e. The van der Waals surface area contributed by atoms with Gasteiger partial charge in [-0.2, -0.15) is 0 Å². The van der Waals surface area contributed by atoms with Crippen molar-refractivity contribution in [3.8, 4) is 0 Å². The molecular formula is C12H24N2O2S2. The van der Waals surface area contributed by atoms with Crippen LogP contribution in [-0.4, -0.2) is 25.2 Å². The SMILES string of the molecule is CCC(C(N)=S)S(=O)(=O)NCCC1CCCCC1. The second-order valence-corrected chi connectivity index (χ2v) is 7.45. The second-order valence-electron chi connectivity index (χ2n) is 5.03. The Kier molecular flexibility index (Phi) is 6.52. The zero-order valence-corrected chi connectivity index (χ0v) is 12.7. The Bertz CT molecular complexity index is 362. The summed E-state index contributed by atoms with van der Waals surface area (Å²) in [6, 6.07) is 0. The molecule has 1 rings (SSSR count). The largest absolute Gasteiger partial charge is 0.392 e. The molecular weight excluding hydrogens is 268 g/mol. The van der Waals surface area contributed by atoms with Crippen LogP contribution in [0, 0.1) is 5.92 Å².